The van der Waals surface area contributed by atoms with Crippen molar-refractivity contribution >= 4 is 23.0 Å². The predicted octanol–water partition coefficient (Wildman–Crippen LogP) is 4.90. The highest BCUT2D eigenvalue weighted by atomic mass is 16.2. The van der Waals surface area contributed by atoms with Crippen LogP contribution in [0.2, 0.25) is 0 Å². The lowest BCUT2D eigenvalue weighted by atomic mass is 10.0. The van der Waals surface area contributed by atoms with Gasteiger partial charge in [-0.25, -0.2) is 10.4 Å². The molecule has 3 aromatic carbocycles. The third kappa shape index (κ3) is 4.75. The van der Waals surface area contributed by atoms with Crippen LogP contribution in [-0.4, -0.2) is 21.7 Å². The van der Waals surface area contributed by atoms with Crippen LogP contribution in [0.1, 0.15) is 43.9 Å². The van der Waals surface area contributed by atoms with E-state index in [2.05, 4.69) is 24.4 Å². The SMILES string of the molecule is CC(C)c1ccc(/C=N\NC(=O)[C@@H](C)n2c(-c3ccccc3)nc3ccccc3c2=O)cc1. The predicted molar refractivity (Wildman–Crippen MR) is 132 cm³/mol. The molecular weight excluding hydrogens is 412 g/mol. The van der Waals surface area contributed by atoms with Crippen LogP contribution in [0.3, 0.4) is 0 Å². The van der Waals surface area contributed by atoms with Crippen molar-refractivity contribution in [1.29, 1.82) is 0 Å². The molecule has 1 N–H and O–H groups in total. The number of para-hydroxylation sites is 1. The number of amides is 1. The lowest BCUT2D eigenvalue weighted by Crippen LogP contribution is -2.35. The van der Waals surface area contributed by atoms with E-state index >= 15 is 0 Å². The first-order valence-electron chi connectivity index (χ1n) is 11.0. The van der Waals surface area contributed by atoms with Crippen molar-refractivity contribution in [2.75, 3.05) is 0 Å². The van der Waals surface area contributed by atoms with Crippen molar-refractivity contribution in [3.05, 3.63) is 100 Å². The fraction of sp³-hybridized carbons (Fsp3) is 0.185. The molecule has 1 heterocycles. The summed E-state index contributed by atoms with van der Waals surface area (Å²) in [6.45, 7) is 5.95. The van der Waals surface area contributed by atoms with E-state index in [9.17, 15) is 9.59 Å². The Kier molecular flexibility index (Phi) is 6.45. The van der Waals surface area contributed by atoms with Crippen LogP contribution in [0.25, 0.3) is 22.3 Å². The first kappa shape index (κ1) is 22.1. The molecule has 4 rings (SSSR count). The molecule has 1 aromatic heterocycles. The van der Waals surface area contributed by atoms with Crippen molar-refractivity contribution in [3.8, 4) is 11.4 Å². The van der Waals surface area contributed by atoms with Gasteiger partial charge in [0.25, 0.3) is 11.5 Å². The molecule has 0 aliphatic carbocycles. The fourth-order valence-electron chi connectivity index (χ4n) is 3.64. The van der Waals surface area contributed by atoms with Crippen LogP contribution in [-0.2, 0) is 4.79 Å². The number of rotatable bonds is 6. The van der Waals surface area contributed by atoms with Crippen LogP contribution in [0.4, 0.5) is 0 Å². The van der Waals surface area contributed by atoms with Gasteiger partial charge in [0.2, 0.25) is 0 Å². The molecule has 1 atom stereocenters. The average Bonchev–Trinajstić information content (AvgIpc) is 2.84. The molecule has 6 heteroatoms. The van der Waals surface area contributed by atoms with Gasteiger partial charge in [0.15, 0.2) is 0 Å². The van der Waals surface area contributed by atoms with E-state index in [1.54, 1.807) is 31.3 Å². The zero-order valence-corrected chi connectivity index (χ0v) is 18.9. The highest BCUT2D eigenvalue weighted by molar-refractivity contribution is 5.85. The van der Waals surface area contributed by atoms with Crippen LogP contribution in [0.15, 0.2) is 88.8 Å². The Labute approximate surface area is 192 Å². The molecule has 33 heavy (non-hydrogen) atoms. The van der Waals surface area contributed by atoms with Gasteiger partial charge >= 0.3 is 0 Å². The summed E-state index contributed by atoms with van der Waals surface area (Å²) in [6.07, 6.45) is 1.59. The molecule has 0 unspecified atom stereocenters. The molecule has 166 valence electrons. The Morgan fingerprint density at radius 1 is 0.939 bits per heavy atom. The molecule has 6 nitrogen and oxygen atoms in total. The van der Waals surface area contributed by atoms with Crippen LogP contribution in [0.5, 0.6) is 0 Å². The first-order valence-corrected chi connectivity index (χ1v) is 11.0. The van der Waals surface area contributed by atoms with Crippen molar-refractivity contribution in [3.63, 3.8) is 0 Å². The Morgan fingerprint density at radius 2 is 1.61 bits per heavy atom. The maximum Gasteiger partial charge on any atom is 0.263 e. The molecular formula is C27H26N4O2. The summed E-state index contributed by atoms with van der Waals surface area (Å²) in [5.41, 5.74) is 5.76. The van der Waals surface area contributed by atoms with E-state index in [-0.39, 0.29) is 5.56 Å². The van der Waals surface area contributed by atoms with E-state index < -0.39 is 11.9 Å². The summed E-state index contributed by atoms with van der Waals surface area (Å²) in [5.74, 6) is 0.487. The van der Waals surface area contributed by atoms with Crippen molar-refractivity contribution < 1.29 is 4.79 Å². The topological polar surface area (TPSA) is 76.3 Å². The lowest BCUT2D eigenvalue weighted by Gasteiger charge is -2.18. The fourth-order valence-corrected chi connectivity index (χ4v) is 3.64. The Balaban J connectivity index is 1.64. The summed E-state index contributed by atoms with van der Waals surface area (Å²) in [4.78, 5) is 31.0. The van der Waals surface area contributed by atoms with Crippen LogP contribution < -0.4 is 11.0 Å². The normalized spacial score (nSPS) is 12.4. The zero-order valence-electron chi connectivity index (χ0n) is 18.9. The molecule has 0 saturated heterocycles. The van der Waals surface area contributed by atoms with E-state index in [0.29, 0.717) is 22.6 Å². The number of hydrogen-bond donors (Lipinski definition) is 1. The Bertz CT molecular complexity index is 1360. The third-order valence-corrected chi connectivity index (χ3v) is 5.60. The van der Waals surface area contributed by atoms with Gasteiger partial charge in [-0.2, -0.15) is 5.10 Å². The number of hydrazone groups is 1. The molecule has 0 saturated carbocycles. The molecule has 0 bridgehead atoms. The van der Waals surface area contributed by atoms with Crippen molar-refractivity contribution in [2.45, 2.75) is 32.7 Å². The van der Waals surface area contributed by atoms with E-state index in [1.807, 2.05) is 60.7 Å². The monoisotopic (exact) mass is 438 g/mol. The second-order valence-corrected chi connectivity index (χ2v) is 8.23. The van der Waals surface area contributed by atoms with Crippen LogP contribution >= 0.6 is 0 Å². The quantitative estimate of drug-likeness (QED) is 0.344. The summed E-state index contributed by atoms with van der Waals surface area (Å²) < 4.78 is 1.43. The number of carbonyl (C=O) groups excluding carboxylic acids is 1. The van der Waals surface area contributed by atoms with Gasteiger partial charge in [-0.1, -0.05) is 80.6 Å². The number of aromatic nitrogens is 2. The number of hydrogen-bond acceptors (Lipinski definition) is 4. The van der Waals surface area contributed by atoms with Crippen molar-refractivity contribution in [1.82, 2.24) is 15.0 Å². The van der Waals surface area contributed by atoms with Gasteiger partial charge in [0.1, 0.15) is 11.9 Å². The van der Waals surface area contributed by atoms with Crippen LogP contribution in [0, 0.1) is 0 Å². The lowest BCUT2D eigenvalue weighted by molar-refractivity contribution is -0.123. The number of carbonyl (C=O) groups is 1. The van der Waals surface area contributed by atoms with E-state index in [4.69, 9.17) is 4.98 Å². The average molecular weight is 439 g/mol. The largest absolute Gasteiger partial charge is 0.280 e. The summed E-state index contributed by atoms with van der Waals surface area (Å²) in [6, 6.07) is 23.7. The Hall–Kier alpha value is -4.06. The maximum absolute atomic E-state index is 13.4. The second-order valence-electron chi connectivity index (χ2n) is 8.23. The first-order chi connectivity index (χ1) is 16.0. The number of benzene rings is 3. The minimum Gasteiger partial charge on any atom is -0.280 e. The van der Waals surface area contributed by atoms with Gasteiger partial charge in [-0.15, -0.1) is 0 Å². The molecule has 0 aliphatic rings. The molecule has 4 aromatic rings. The molecule has 0 fully saturated rings. The molecule has 1 amide bonds. The van der Waals surface area contributed by atoms with Gasteiger partial charge in [-0.05, 0) is 36.1 Å². The summed E-state index contributed by atoms with van der Waals surface area (Å²) >= 11 is 0. The number of nitrogens with one attached hydrogen (secondary N) is 1. The van der Waals surface area contributed by atoms with Gasteiger partial charge in [0.05, 0.1) is 17.1 Å². The van der Waals surface area contributed by atoms with Crippen molar-refractivity contribution in [2.24, 2.45) is 5.10 Å². The third-order valence-electron chi connectivity index (χ3n) is 5.60. The van der Waals surface area contributed by atoms with Gasteiger partial charge < -0.3 is 0 Å². The standard InChI is InChI=1S/C27H26N4O2/c1-18(2)21-15-13-20(14-16-21)17-28-30-26(32)19(3)31-25(22-9-5-4-6-10-22)29-24-12-8-7-11-23(24)27(31)33/h4-19H,1-3H3,(H,30,32)/b28-17-/t19-/m1/s1. The second kappa shape index (κ2) is 9.61. The molecule has 0 spiro atoms. The maximum atomic E-state index is 13.4. The number of nitrogens with zero attached hydrogens (tertiary/aromatic N) is 3. The van der Waals surface area contributed by atoms with E-state index in [1.165, 1.54) is 10.1 Å². The smallest absolute Gasteiger partial charge is 0.263 e. The summed E-state index contributed by atoms with van der Waals surface area (Å²) in [5, 5.41) is 4.56. The summed E-state index contributed by atoms with van der Waals surface area (Å²) in [7, 11) is 0. The van der Waals surface area contributed by atoms with Gasteiger partial charge in [-0.3, -0.25) is 14.2 Å². The molecule has 0 radical (unpaired) electrons. The Morgan fingerprint density at radius 3 is 2.30 bits per heavy atom. The minimum absolute atomic E-state index is 0.268. The minimum atomic E-state index is -0.815. The highest BCUT2D eigenvalue weighted by Gasteiger charge is 2.22. The highest BCUT2D eigenvalue weighted by Crippen LogP contribution is 2.22. The molecule has 0 aliphatic heterocycles. The van der Waals surface area contributed by atoms with Gasteiger partial charge in [0, 0.05) is 5.56 Å². The number of fused-ring (bicyclic) bond motifs is 1. The van der Waals surface area contributed by atoms with E-state index in [0.717, 1.165) is 11.1 Å². The zero-order chi connectivity index (χ0) is 23.4.